The fourth-order valence-corrected chi connectivity index (χ4v) is 2.49. The highest BCUT2D eigenvalue weighted by Gasteiger charge is 2.30. The smallest absolute Gasteiger partial charge is 0.416 e. The molecule has 0 saturated carbocycles. The number of hydrogen-bond acceptors (Lipinski definition) is 1. The molecule has 0 heterocycles. The van der Waals surface area contributed by atoms with Gasteiger partial charge in [0.05, 0.1) is 11.1 Å². The van der Waals surface area contributed by atoms with Crippen molar-refractivity contribution in [2.75, 3.05) is 0 Å². The number of carbonyl (C=O) groups is 1. The van der Waals surface area contributed by atoms with Gasteiger partial charge in [-0.3, -0.25) is 0 Å². The Bertz CT molecular complexity index is 881. The molecule has 0 aliphatic heterocycles. The molecule has 0 bridgehead atoms. The van der Waals surface area contributed by atoms with E-state index < -0.39 is 17.7 Å². The molecule has 0 amide bonds. The number of benzene rings is 3. The van der Waals surface area contributed by atoms with Crippen molar-refractivity contribution >= 4 is 16.7 Å². The maximum absolute atomic E-state index is 12.6. The van der Waals surface area contributed by atoms with Crippen molar-refractivity contribution in [3.8, 4) is 11.1 Å². The number of hydrogen-bond donors (Lipinski definition) is 1. The van der Waals surface area contributed by atoms with Gasteiger partial charge in [-0.25, -0.2) is 4.79 Å². The number of aromatic carboxylic acids is 1. The molecule has 23 heavy (non-hydrogen) atoms. The number of fused-ring (bicyclic) bond motifs is 1. The van der Waals surface area contributed by atoms with Gasteiger partial charge in [-0.05, 0) is 46.2 Å². The number of rotatable bonds is 2. The lowest BCUT2D eigenvalue weighted by Crippen LogP contribution is -2.04. The van der Waals surface area contributed by atoms with Crippen LogP contribution in [0.25, 0.3) is 21.9 Å². The first kappa shape index (κ1) is 15.1. The van der Waals surface area contributed by atoms with Crippen LogP contribution in [0.2, 0.25) is 0 Å². The van der Waals surface area contributed by atoms with Crippen LogP contribution < -0.4 is 0 Å². The largest absolute Gasteiger partial charge is 0.478 e. The molecule has 3 rings (SSSR count). The highest BCUT2D eigenvalue weighted by molar-refractivity contribution is 6.02. The fourth-order valence-electron chi connectivity index (χ4n) is 2.49. The first-order chi connectivity index (χ1) is 10.9. The maximum Gasteiger partial charge on any atom is 0.416 e. The monoisotopic (exact) mass is 316 g/mol. The molecule has 0 radical (unpaired) electrons. The minimum atomic E-state index is -4.42. The van der Waals surface area contributed by atoms with Crippen molar-refractivity contribution in [2.45, 2.75) is 6.18 Å². The molecule has 3 aromatic rings. The summed E-state index contributed by atoms with van der Waals surface area (Å²) in [6.45, 7) is 0. The third-order valence-corrected chi connectivity index (χ3v) is 3.64. The lowest BCUT2D eigenvalue weighted by atomic mass is 9.95. The van der Waals surface area contributed by atoms with E-state index in [0.717, 1.165) is 22.9 Å². The van der Waals surface area contributed by atoms with E-state index in [-0.39, 0.29) is 5.56 Å². The minimum Gasteiger partial charge on any atom is -0.478 e. The maximum atomic E-state index is 12.6. The molecular formula is C18H11F3O2. The van der Waals surface area contributed by atoms with Gasteiger partial charge in [0, 0.05) is 0 Å². The minimum absolute atomic E-state index is 0.0588. The van der Waals surface area contributed by atoms with Crippen molar-refractivity contribution in [2.24, 2.45) is 0 Å². The first-order valence-corrected chi connectivity index (χ1v) is 6.80. The van der Waals surface area contributed by atoms with Crippen LogP contribution in [0.3, 0.4) is 0 Å². The van der Waals surface area contributed by atoms with Crippen LogP contribution in [0.5, 0.6) is 0 Å². The number of carboxylic acid groups (broad SMARTS) is 1. The van der Waals surface area contributed by atoms with E-state index in [1.807, 2.05) is 12.1 Å². The Morgan fingerprint density at radius 2 is 1.43 bits per heavy atom. The molecular weight excluding hydrogens is 305 g/mol. The summed E-state index contributed by atoms with van der Waals surface area (Å²) in [4.78, 5) is 11.5. The van der Waals surface area contributed by atoms with Gasteiger partial charge in [0.25, 0.3) is 0 Å². The van der Waals surface area contributed by atoms with Crippen LogP contribution in [0.1, 0.15) is 15.9 Å². The molecule has 0 atom stereocenters. The lowest BCUT2D eigenvalue weighted by molar-refractivity contribution is -0.137. The summed E-state index contributed by atoms with van der Waals surface area (Å²) in [6, 6.07) is 14.9. The first-order valence-electron chi connectivity index (χ1n) is 6.80. The molecule has 0 aromatic heterocycles. The number of halogens is 3. The third kappa shape index (κ3) is 2.90. The predicted octanol–water partition coefficient (Wildman–Crippen LogP) is 5.22. The quantitative estimate of drug-likeness (QED) is 0.703. The van der Waals surface area contributed by atoms with Crippen LogP contribution >= 0.6 is 0 Å². The zero-order valence-corrected chi connectivity index (χ0v) is 11.8. The van der Waals surface area contributed by atoms with E-state index >= 15 is 0 Å². The Morgan fingerprint density at radius 3 is 1.96 bits per heavy atom. The normalized spacial score (nSPS) is 11.6. The Kier molecular flexibility index (Phi) is 3.56. The summed E-state index contributed by atoms with van der Waals surface area (Å²) >= 11 is 0. The Hall–Kier alpha value is -2.82. The second kappa shape index (κ2) is 5.43. The molecule has 1 N–H and O–H groups in total. The molecule has 0 aliphatic carbocycles. The van der Waals surface area contributed by atoms with Gasteiger partial charge < -0.3 is 5.11 Å². The molecule has 0 saturated heterocycles. The highest BCUT2D eigenvalue weighted by atomic mass is 19.4. The molecule has 0 fully saturated rings. The van der Waals surface area contributed by atoms with E-state index in [0.29, 0.717) is 11.1 Å². The van der Waals surface area contributed by atoms with Gasteiger partial charge in [-0.2, -0.15) is 13.2 Å². The summed E-state index contributed by atoms with van der Waals surface area (Å²) in [5.74, 6) is -1.12. The number of carboxylic acids is 1. The Labute approximate surface area is 129 Å². The zero-order valence-electron chi connectivity index (χ0n) is 11.8. The van der Waals surface area contributed by atoms with E-state index in [1.54, 1.807) is 18.2 Å². The van der Waals surface area contributed by atoms with Crippen molar-refractivity contribution in [3.05, 3.63) is 71.8 Å². The van der Waals surface area contributed by atoms with Crippen molar-refractivity contribution in [1.29, 1.82) is 0 Å². The SMILES string of the molecule is O=C(O)c1cc2ccccc2cc1-c1ccc(C(F)(F)F)cc1. The molecule has 0 unspecified atom stereocenters. The zero-order chi connectivity index (χ0) is 16.6. The average molecular weight is 316 g/mol. The van der Waals surface area contributed by atoms with Gasteiger partial charge in [-0.15, -0.1) is 0 Å². The van der Waals surface area contributed by atoms with Gasteiger partial charge >= 0.3 is 12.1 Å². The van der Waals surface area contributed by atoms with Gasteiger partial charge in [0.1, 0.15) is 0 Å². The van der Waals surface area contributed by atoms with Gasteiger partial charge in [0.2, 0.25) is 0 Å². The molecule has 2 nitrogen and oxygen atoms in total. The topological polar surface area (TPSA) is 37.3 Å². The highest BCUT2D eigenvalue weighted by Crippen LogP contribution is 2.33. The van der Waals surface area contributed by atoms with E-state index in [2.05, 4.69) is 0 Å². The lowest BCUT2D eigenvalue weighted by Gasteiger charge is -2.11. The van der Waals surface area contributed by atoms with Crippen molar-refractivity contribution in [3.63, 3.8) is 0 Å². The molecule has 0 aliphatic rings. The van der Waals surface area contributed by atoms with E-state index in [4.69, 9.17) is 0 Å². The standard InChI is InChI=1S/C18H11F3O2/c19-18(20,21)14-7-5-11(6-8-14)15-9-12-3-1-2-4-13(12)10-16(15)17(22)23/h1-10H,(H,22,23). The van der Waals surface area contributed by atoms with Crippen LogP contribution in [-0.2, 0) is 6.18 Å². The summed E-state index contributed by atoms with van der Waals surface area (Å²) in [6.07, 6.45) is -4.42. The molecule has 116 valence electrons. The van der Waals surface area contributed by atoms with Gasteiger partial charge in [0.15, 0.2) is 0 Å². The van der Waals surface area contributed by atoms with Crippen LogP contribution in [0, 0.1) is 0 Å². The van der Waals surface area contributed by atoms with Crippen LogP contribution in [0.4, 0.5) is 13.2 Å². The summed E-state index contributed by atoms with van der Waals surface area (Å²) < 4.78 is 37.9. The second-order valence-corrected chi connectivity index (χ2v) is 5.13. The number of alkyl halides is 3. The van der Waals surface area contributed by atoms with E-state index in [1.165, 1.54) is 18.2 Å². The van der Waals surface area contributed by atoms with E-state index in [9.17, 15) is 23.1 Å². The average Bonchev–Trinajstić information content (AvgIpc) is 2.53. The summed E-state index contributed by atoms with van der Waals surface area (Å²) in [5.41, 5.74) is 0.119. The second-order valence-electron chi connectivity index (χ2n) is 5.13. The molecule has 0 spiro atoms. The Balaban J connectivity index is 2.18. The predicted molar refractivity (Wildman–Crippen MR) is 81.3 cm³/mol. The summed E-state index contributed by atoms with van der Waals surface area (Å²) in [5, 5.41) is 11.0. The van der Waals surface area contributed by atoms with Crippen LogP contribution in [-0.4, -0.2) is 11.1 Å². The third-order valence-electron chi connectivity index (χ3n) is 3.64. The van der Waals surface area contributed by atoms with Crippen molar-refractivity contribution in [1.82, 2.24) is 0 Å². The molecule has 3 aromatic carbocycles. The fraction of sp³-hybridized carbons (Fsp3) is 0.0556. The van der Waals surface area contributed by atoms with Crippen molar-refractivity contribution < 1.29 is 23.1 Å². The van der Waals surface area contributed by atoms with Crippen LogP contribution in [0.15, 0.2) is 60.7 Å². The summed E-state index contributed by atoms with van der Waals surface area (Å²) in [7, 11) is 0. The molecule has 5 heteroatoms. The Morgan fingerprint density at radius 1 is 0.870 bits per heavy atom. The van der Waals surface area contributed by atoms with Gasteiger partial charge in [-0.1, -0.05) is 36.4 Å².